The molecule has 0 unspecified atom stereocenters. The molecule has 0 spiro atoms. The van der Waals surface area contributed by atoms with Crippen molar-refractivity contribution in [1.82, 2.24) is 19.9 Å². The molecular formula is C27H28N6O2S. The van der Waals surface area contributed by atoms with Crippen LogP contribution in [-0.4, -0.2) is 64.8 Å². The zero-order valence-corrected chi connectivity index (χ0v) is 21.2. The van der Waals surface area contributed by atoms with Gasteiger partial charge in [-0.15, -0.1) is 11.8 Å². The highest BCUT2D eigenvalue weighted by atomic mass is 32.2. The van der Waals surface area contributed by atoms with Crippen LogP contribution in [0.3, 0.4) is 0 Å². The summed E-state index contributed by atoms with van der Waals surface area (Å²) in [4.78, 5) is 31.7. The van der Waals surface area contributed by atoms with Gasteiger partial charge in [0.1, 0.15) is 11.3 Å². The number of ether oxygens (including phenoxy) is 1. The predicted octanol–water partition coefficient (Wildman–Crippen LogP) is 4.03. The molecule has 3 heterocycles. The Morgan fingerprint density at radius 3 is 2.36 bits per heavy atom. The Kier molecular flexibility index (Phi) is 6.90. The molecule has 1 fully saturated rings. The number of thioether (sulfide) groups is 1. The molecule has 0 atom stereocenters. The van der Waals surface area contributed by atoms with E-state index in [-0.39, 0.29) is 18.5 Å². The second-order valence-corrected chi connectivity index (χ2v) is 9.55. The summed E-state index contributed by atoms with van der Waals surface area (Å²) in [7, 11) is 0. The molecule has 0 radical (unpaired) electrons. The Labute approximate surface area is 214 Å². The van der Waals surface area contributed by atoms with Gasteiger partial charge in [-0.3, -0.25) is 4.79 Å². The third kappa shape index (κ3) is 5.21. The van der Waals surface area contributed by atoms with Crippen molar-refractivity contribution in [3.8, 4) is 17.0 Å². The molecule has 8 nitrogen and oxygen atoms in total. The van der Waals surface area contributed by atoms with Crippen LogP contribution >= 0.6 is 11.8 Å². The van der Waals surface area contributed by atoms with Crippen LogP contribution in [0.15, 0.2) is 65.6 Å². The van der Waals surface area contributed by atoms with Gasteiger partial charge in [0, 0.05) is 36.6 Å². The number of anilines is 2. The van der Waals surface area contributed by atoms with Crippen molar-refractivity contribution in [2.24, 2.45) is 0 Å². The third-order valence-corrected chi connectivity index (χ3v) is 6.99. The topological polar surface area (TPSA) is 97.5 Å². The van der Waals surface area contributed by atoms with Gasteiger partial charge in [-0.05, 0) is 49.6 Å². The predicted molar refractivity (Wildman–Crippen MR) is 144 cm³/mol. The Hall–Kier alpha value is -3.85. The molecular weight excluding hydrogens is 472 g/mol. The number of amides is 1. The highest BCUT2D eigenvalue weighted by Gasteiger charge is 2.24. The SMILES string of the molecule is CSc1ccc(-c2ccc3nc(N)nc(N4CCN(C(=O)COc5ccc(C)cc5)CC4)c3n2)cc1. The number of nitrogen functional groups attached to an aromatic ring is 1. The highest BCUT2D eigenvalue weighted by molar-refractivity contribution is 7.98. The van der Waals surface area contributed by atoms with E-state index in [2.05, 4.69) is 45.4 Å². The van der Waals surface area contributed by atoms with Crippen molar-refractivity contribution in [2.45, 2.75) is 11.8 Å². The minimum absolute atomic E-state index is 0.0205. The summed E-state index contributed by atoms with van der Waals surface area (Å²) >= 11 is 1.71. The largest absolute Gasteiger partial charge is 0.484 e. The second-order valence-electron chi connectivity index (χ2n) is 8.67. The van der Waals surface area contributed by atoms with Crippen molar-refractivity contribution in [2.75, 3.05) is 49.7 Å². The van der Waals surface area contributed by atoms with Gasteiger partial charge in [0.15, 0.2) is 12.4 Å². The van der Waals surface area contributed by atoms with Crippen LogP contribution in [0.2, 0.25) is 0 Å². The summed E-state index contributed by atoms with van der Waals surface area (Å²) in [5.74, 6) is 1.57. The third-order valence-electron chi connectivity index (χ3n) is 6.24. The van der Waals surface area contributed by atoms with Crippen molar-refractivity contribution in [3.63, 3.8) is 0 Å². The van der Waals surface area contributed by atoms with Crippen LogP contribution in [0.5, 0.6) is 5.75 Å². The molecule has 1 aliphatic heterocycles. The number of pyridine rings is 1. The normalized spacial score (nSPS) is 13.7. The second kappa shape index (κ2) is 10.4. The molecule has 0 bridgehead atoms. The Morgan fingerprint density at radius 2 is 1.67 bits per heavy atom. The molecule has 0 aliphatic carbocycles. The Morgan fingerprint density at radius 1 is 0.944 bits per heavy atom. The van der Waals surface area contributed by atoms with Crippen LogP contribution in [0.4, 0.5) is 11.8 Å². The van der Waals surface area contributed by atoms with E-state index in [1.165, 1.54) is 4.90 Å². The maximum atomic E-state index is 12.7. The first kappa shape index (κ1) is 23.9. The number of nitrogens with zero attached hydrogens (tertiary/aromatic N) is 5. The van der Waals surface area contributed by atoms with Gasteiger partial charge in [-0.1, -0.05) is 29.8 Å². The number of piperazine rings is 1. The Bertz CT molecular complexity index is 1370. The van der Waals surface area contributed by atoms with E-state index in [1.807, 2.05) is 48.2 Å². The van der Waals surface area contributed by atoms with Crippen LogP contribution in [0.1, 0.15) is 5.56 Å². The summed E-state index contributed by atoms with van der Waals surface area (Å²) in [6, 6.07) is 19.9. The number of hydrogen-bond donors (Lipinski definition) is 1. The Balaban J connectivity index is 1.30. The van der Waals surface area contributed by atoms with Gasteiger partial charge >= 0.3 is 0 Å². The summed E-state index contributed by atoms with van der Waals surface area (Å²) in [5.41, 5.74) is 10.5. The average Bonchev–Trinajstić information content (AvgIpc) is 2.92. The molecule has 184 valence electrons. The first-order chi connectivity index (χ1) is 17.5. The number of aromatic nitrogens is 3. The molecule has 1 aliphatic rings. The zero-order chi connectivity index (χ0) is 25.1. The van der Waals surface area contributed by atoms with Crippen LogP contribution in [0.25, 0.3) is 22.3 Å². The van der Waals surface area contributed by atoms with Crippen LogP contribution < -0.4 is 15.4 Å². The fourth-order valence-corrected chi connectivity index (χ4v) is 4.61. The number of rotatable bonds is 6. The van der Waals surface area contributed by atoms with Gasteiger partial charge in [0.25, 0.3) is 5.91 Å². The van der Waals surface area contributed by atoms with Gasteiger partial charge in [-0.2, -0.15) is 4.98 Å². The monoisotopic (exact) mass is 500 g/mol. The van der Waals surface area contributed by atoms with E-state index < -0.39 is 0 Å². The fraction of sp³-hybridized carbons (Fsp3) is 0.259. The first-order valence-corrected chi connectivity index (χ1v) is 13.0. The van der Waals surface area contributed by atoms with Gasteiger partial charge in [-0.25, -0.2) is 9.97 Å². The quantitative estimate of drug-likeness (QED) is 0.396. The van der Waals surface area contributed by atoms with E-state index in [0.29, 0.717) is 48.8 Å². The lowest BCUT2D eigenvalue weighted by atomic mass is 10.1. The molecule has 4 aromatic rings. The lowest BCUT2D eigenvalue weighted by Gasteiger charge is -2.35. The van der Waals surface area contributed by atoms with Crippen molar-refractivity contribution in [3.05, 3.63) is 66.2 Å². The fourth-order valence-electron chi connectivity index (χ4n) is 4.20. The molecule has 2 N–H and O–H groups in total. The van der Waals surface area contributed by atoms with Crippen molar-refractivity contribution in [1.29, 1.82) is 0 Å². The summed E-state index contributed by atoms with van der Waals surface area (Å²) in [6.45, 7) is 4.41. The number of fused-ring (bicyclic) bond motifs is 1. The minimum Gasteiger partial charge on any atom is -0.484 e. The van der Waals surface area contributed by atoms with Crippen molar-refractivity contribution >= 4 is 40.5 Å². The first-order valence-electron chi connectivity index (χ1n) is 11.8. The summed E-state index contributed by atoms with van der Waals surface area (Å²) in [6.07, 6.45) is 2.06. The molecule has 9 heteroatoms. The maximum absolute atomic E-state index is 12.7. The molecule has 2 aromatic carbocycles. The van der Waals surface area contributed by atoms with E-state index in [0.717, 1.165) is 16.8 Å². The highest BCUT2D eigenvalue weighted by Crippen LogP contribution is 2.28. The number of carbonyl (C=O) groups is 1. The zero-order valence-electron chi connectivity index (χ0n) is 20.3. The lowest BCUT2D eigenvalue weighted by Crippen LogP contribution is -2.50. The van der Waals surface area contributed by atoms with Gasteiger partial charge in [0.2, 0.25) is 5.95 Å². The standard InChI is InChI=1S/C27H28N6O2S/c1-18-3-7-20(8-4-18)35-17-24(34)32-13-15-33(16-14-32)26-25-23(30-27(28)31-26)12-11-22(29-25)19-5-9-21(36-2)10-6-19/h3-12H,13-17H2,1-2H3,(H2,28,30,31). The lowest BCUT2D eigenvalue weighted by molar-refractivity contribution is -0.133. The van der Waals surface area contributed by atoms with Gasteiger partial charge in [0.05, 0.1) is 11.2 Å². The smallest absolute Gasteiger partial charge is 0.260 e. The van der Waals surface area contributed by atoms with E-state index in [4.69, 9.17) is 15.5 Å². The molecule has 0 saturated carbocycles. The number of nitrogens with two attached hydrogens (primary N) is 1. The van der Waals surface area contributed by atoms with E-state index in [9.17, 15) is 4.79 Å². The number of aryl methyl sites for hydroxylation is 1. The number of hydrogen-bond acceptors (Lipinski definition) is 8. The maximum Gasteiger partial charge on any atom is 0.260 e. The average molecular weight is 501 g/mol. The van der Waals surface area contributed by atoms with E-state index >= 15 is 0 Å². The van der Waals surface area contributed by atoms with Gasteiger partial charge < -0.3 is 20.3 Å². The van der Waals surface area contributed by atoms with Crippen molar-refractivity contribution < 1.29 is 9.53 Å². The van der Waals surface area contributed by atoms with E-state index in [1.54, 1.807) is 11.8 Å². The molecule has 5 rings (SSSR count). The van der Waals surface area contributed by atoms with Crippen LogP contribution in [0, 0.1) is 6.92 Å². The molecule has 1 amide bonds. The number of carbonyl (C=O) groups excluding carboxylic acids is 1. The molecule has 2 aromatic heterocycles. The minimum atomic E-state index is -0.0311. The molecule has 1 saturated heterocycles. The van der Waals surface area contributed by atoms with Crippen LogP contribution in [-0.2, 0) is 4.79 Å². The number of benzene rings is 2. The molecule has 36 heavy (non-hydrogen) atoms. The summed E-state index contributed by atoms with van der Waals surface area (Å²) < 4.78 is 5.68. The summed E-state index contributed by atoms with van der Waals surface area (Å²) in [5, 5.41) is 0.